The van der Waals surface area contributed by atoms with Crippen LogP contribution in [-0.2, 0) is 11.2 Å². The number of nitrogens with one attached hydrogen (secondary N) is 2. The van der Waals surface area contributed by atoms with Crippen LogP contribution in [0.5, 0.6) is 0 Å². The fraction of sp³-hybridized carbons (Fsp3) is 0.429. The molecule has 4 heteroatoms. The molecule has 0 spiro atoms. The predicted molar refractivity (Wildman–Crippen MR) is 70.0 cm³/mol. The van der Waals surface area contributed by atoms with Crippen molar-refractivity contribution in [1.82, 2.24) is 5.32 Å². The molecular formula is C14H17N3O. The number of hydrogen-bond donors (Lipinski definition) is 2. The van der Waals surface area contributed by atoms with Gasteiger partial charge >= 0.3 is 0 Å². The zero-order valence-electron chi connectivity index (χ0n) is 10.3. The topological polar surface area (TPSA) is 64.9 Å². The second-order valence-corrected chi connectivity index (χ2v) is 4.55. The quantitative estimate of drug-likeness (QED) is 0.801. The first-order chi connectivity index (χ1) is 8.78. The van der Waals surface area contributed by atoms with Crippen molar-refractivity contribution in [3.05, 3.63) is 29.8 Å². The molecule has 1 saturated carbocycles. The molecule has 18 heavy (non-hydrogen) atoms. The number of hydrogen-bond acceptors (Lipinski definition) is 3. The minimum atomic E-state index is 0.117. The maximum absolute atomic E-state index is 11.4. The van der Waals surface area contributed by atoms with Gasteiger partial charge in [-0.25, -0.2) is 0 Å². The lowest BCUT2D eigenvalue weighted by atomic mass is 10.1. The van der Waals surface area contributed by atoms with Crippen LogP contribution >= 0.6 is 0 Å². The molecule has 0 aromatic heterocycles. The van der Waals surface area contributed by atoms with Gasteiger partial charge < -0.3 is 10.6 Å². The fourth-order valence-electron chi connectivity index (χ4n) is 1.68. The standard InChI is InChI=1S/C14H17N3O/c15-9-7-11-1-3-12(4-2-11)16-10-8-14(18)17-13-5-6-13/h1-4,13,16H,5-8,10H2,(H,17,18). The van der Waals surface area contributed by atoms with Crippen molar-refractivity contribution in [3.8, 4) is 6.07 Å². The first kappa shape index (κ1) is 12.4. The Labute approximate surface area is 107 Å². The van der Waals surface area contributed by atoms with Gasteiger partial charge in [0, 0.05) is 24.7 Å². The number of anilines is 1. The Hall–Kier alpha value is -2.02. The van der Waals surface area contributed by atoms with E-state index in [1.54, 1.807) is 0 Å². The van der Waals surface area contributed by atoms with Gasteiger partial charge in [0.2, 0.25) is 5.91 Å². The van der Waals surface area contributed by atoms with Crippen LogP contribution in [0, 0.1) is 11.3 Å². The normalized spacial score (nSPS) is 13.7. The summed E-state index contributed by atoms with van der Waals surface area (Å²) in [6.45, 7) is 0.635. The molecule has 1 aliphatic rings. The molecule has 94 valence electrons. The van der Waals surface area contributed by atoms with Gasteiger partial charge in [-0.2, -0.15) is 5.26 Å². The summed E-state index contributed by atoms with van der Waals surface area (Å²) in [6, 6.07) is 10.3. The number of nitriles is 1. The lowest BCUT2D eigenvalue weighted by Gasteiger charge is -2.07. The molecule has 1 aliphatic carbocycles. The van der Waals surface area contributed by atoms with Crippen LogP contribution in [-0.4, -0.2) is 18.5 Å². The summed E-state index contributed by atoms with van der Waals surface area (Å²) in [5.74, 6) is 0.117. The van der Waals surface area contributed by atoms with Crippen LogP contribution in [0.2, 0.25) is 0 Å². The second kappa shape index (κ2) is 6.06. The Morgan fingerprint density at radius 3 is 2.67 bits per heavy atom. The van der Waals surface area contributed by atoms with E-state index in [9.17, 15) is 4.79 Å². The fourth-order valence-corrected chi connectivity index (χ4v) is 1.68. The third-order valence-electron chi connectivity index (χ3n) is 2.86. The van der Waals surface area contributed by atoms with Crippen molar-refractivity contribution in [3.63, 3.8) is 0 Å². The summed E-state index contributed by atoms with van der Waals surface area (Å²) in [5.41, 5.74) is 1.99. The van der Waals surface area contributed by atoms with Gasteiger partial charge in [0.25, 0.3) is 0 Å². The third kappa shape index (κ3) is 4.10. The Bertz CT molecular complexity index is 443. The molecule has 1 fully saturated rings. The largest absolute Gasteiger partial charge is 0.385 e. The molecule has 0 aliphatic heterocycles. The summed E-state index contributed by atoms with van der Waals surface area (Å²) < 4.78 is 0. The van der Waals surface area contributed by atoms with Crippen molar-refractivity contribution in [2.75, 3.05) is 11.9 Å². The van der Waals surface area contributed by atoms with E-state index < -0.39 is 0 Å². The Kier molecular flexibility index (Phi) is 4.19. The van der Waals surface area contributed by atoms with Crippen LogP contribution in [0.15, 0.2) is 24.3 Å². The zero-order chi connectivity index (χ0) is 12.8. The highest BCUT2D eigenvalue weighted by molar-refractivity contribution is 5.77. The first-order valence-corrected chi connectivity index (χ1v) is 6.27. The summed E-state index contributed by atoms with van der Waals surface area (Å²) in [6.07, 6.45) is 3.18. The molecule has 1 amide bonds. The van der Waals surface area contributed by atoms with Crippen LogP contribution in [0.4, 0.5) is 5.69 Å². The molecule has 0 saturated heterocycles. The maximum atomic E-state index is 11.4. The number of carbonyl (C=O) groups excluding carboxylic acids is 1. The first-order valence-electron chi connectivity index (χ1n) is 6.27. The van der Waals surface area contributed by atoms with E-state index in [4.69, 9.17) is 5.26 Å². The van der Waals surface area contributed by atoms with Crippen LogP contribution < -0.4 is 10.6 Å². The van der Waals surface area contributed by atoms with E-state index in [-0.39, 0.29) is 5.91 Å². The molecule has 2 N–H and O–H groups in total. The molecular weight excluding hydrogens is 226 g/mol. The molecule has 1 aromatic rings. The van der Waals surface area contributed by atoms with Crippen LogP contribution in [0.3, 0.4) is 0 Å². The summed E-state index contributed by atoms with van der Waals surface area (Å²) in [4.78, 5) is 11.4. The Morgan fingerprint density at radius 2 is 2.06 bits per heavy atom. The van der Waals surface area contributed by atoms with Crippen molar-refractivity contribution >= 4 is 11.6 Å². The van der Waals surface area contributed by atoms with Crippen molar-refractivity contribution in [2.24, 2.45) is 0 Å². The lowest BCUT2D eigenvalue weighted by Crippen LogP contribution is -2.27. The van der Waals surface area contributed by atoms with Gasteiger partial charge in [0.15, 0.2) is 0 Å². The van der Waals surface area contributed by atoms with Crippen molar-refractivity contribution in [1.29, 1.82) is 5.26 Å². The zero-order valence-corrected chi connectivity index (χ0v) is 10.3. The minimum Gasteiger partial charge on any atom is -0.385 e. The van der Waals surface area contributed by atoms with Crippen molar-refractivity contribution in [2.45, 2.75) is 31.7 Å². The van der Waals surface area contributed by atoms with E-state index in [1.165, 1.54) is 0 Å². The molecule has 1 aromatic carbocycles. The maximum Gasteiger partial charge on any atom is 0.221 e. The molecule has 4 nitrogen and oxygen atoms in total. The second-order valence-electron chi connectivity index (χ2n) is 4.55. The van der Waals surface area contributed by atoms with Gasteiger partial charge in [-0.05, 0) is 30.5 Å². The minimum absolute atomic E-state index is 0.117. The number of amides is 1. The molecule has 0 heterocycles. The van der Waals surface area contributed by atoms with Crippen molar-refractivity contribution < 1.29 is 4.79 Å². The average molecular weight is 243 g/mol. The van der Waals surface area contributed by atoms with E-state index in [1.807, 2.05) is 24.3 Å². The van der Waals surface area contributed by atoms with Gasteiger partial charge in [-0.3, -0.25) is 4.79 Å². The van der Waals surface area contributed by atoms with Gasteiger partial charge in [0.1, 0.15) is 0 Å². The number of carbonyl (C=O) groups is 1. The smallest absolute Gasteiger partial charge is 0.221 e. The van der Waals surface area contributed by atoms with E-state index >= 15 is 0 Å². The summed E-state index contributed by atoms with van der Waals surface area (Å²) >= 11 is 0. The van der Waals surface area contributed by atoms with E-state index in [0.717, 1.165) is 24.1 Å². The predicted octanol–water partition coefficient (Wildman–Crippen LogP) is 1.83. The average Bonchev–Trinajstić information content (AvgIpc) is 3.16. The van der Waals surface area contributed by atoms with Gasteiger partial charge in [-0.1, -0.05) is 12.1 Å². The number of rotatable bonds is 6. The van der Waals surface area contributed by atoms with E-state index in [0.29, 0.717) is 25.4 Å². The molecule has 0 bridgehead atoms. The lowest BCUT2D eigenvalue weighted by molar-refractivity contribution is -0.120. The summed E-state index contributed by atoms with van der Waals surface area (Å²) in [5, 5.41) is 14.7. The highest BCUT2D eigenvalue weighted by Crippen LogP contribution is 2.18. The summed E-state index contributed by atoms with van der Waals surface area (Å²) in [7, 11) is 0. The Balaban J connectivity index is 1.69. The molecule has 2 rings (SSSR count). The highest BCUT2D eigenvalue weighted by atomic mass is 16.1. The molecule has 0 atom stereocenters. The van der Waals surface area contributed by atoms with E-state index in [2.05, 4.69) is 16.7 Å². The highest BCUT2D eigenvalue weighted by Gasteiger charge is 2.22. The Morgan fingerprint density at radius 1 is 1.33 bits per heavy atom. The third-order valence-corrected chi connectivity index (χ3v) is 2.86. The number of benzene rings is 1. The monoisotopic (exact) mass is 243 g/mol. The molecule has 0 unspecified atom stereocenters. The SMILES string of the molecule is N#CCc1ccc(NCCC(=O)NC2CC2)cc1. The van der Waals surface area contributed by atoms with Crippen LogP contribution in [0.1, 0.15) is 24.8 Å². The van der Waals surface area contributed by atoms with Gasteiger partial charge in [0.05, 0.1) is 12.5 Å². The van der Waals surface area contributed by atoms with Gasteiger partial charge in [-0.15, -0.1) is 0 Å². The molecule has 0 radical (unpaired) electrons. The number of nitrogens with zero attached hydrogens (tertiary/aromatic N) is 1. The van der Waals surface area contributed by atoms with Crippen LogP contribution in [0.25, 0.3) is 0 Å².